The summed E-state index contributed by atoms with van der Waals surface area (Å²) in [5.74, 6) is 0. The largest absolute Gasteiger partial charge is 0.310 e. The normalized spacial score (nSPS) is 11.9. The van der Waals surface area contributed by atoms with Crippen molar-refractivity contribution in [2.75, 3.05) is 4.90 Å². The van der Waals surface area contributed by atoms with Gasteiger partial charge in [-0.2, -0.15) is 0 Å². The minimum Gasteiger partial charge on any atom is -0.310 e. The van der Waals surface area contributed by atoms with Gasteiger partial charge in [0.25, 0.3) is 0 Å². The van der Waals surface area contributed by atoms with Crippen molar-refractivity contribution >= 4 is 71.6 Å². The average molecular weight is 915 g/mol. The van der Waals surface area contributed by atoms with E-state index >= 15 is 0 Å². The maximum atomic E-state index is 2.48. The van der Waals surface area contributed by atoms with Crippen LogP contribution in [0.1, 0.15) is 22.3 Å². The lowest BCUT2D eigenvalue weighted by Crippen LogP contribution is -2.11. The van der Waals surface area contributed by atoms with Gasteiger partial charge in [0, 0.05) is 33.2 Å². The van der Waals surface area contributed by atoms with E-state index in [2.05, 4.69) is 289 Å². The summed E-state index contributed by atoms with van der Waals surface area (Å²) in [7, 11) is 0. The van der Waals surface area contributed by atoms with Crippen LogP contribution in [0, 0.1) is 0 Å². The van der Waals surface area contributed by atoms with Crippen molar-refractivity contribution in [2.24, 2.45) is 0 Å². The molecule has 0 saturated heterocycles. The van der Waals surface area contributed by atoms with Gasteiger partial charge in [0.05, 0.1) is 16.7 Å². The van der Waals surface area contributed by atoms with E-state index in [1.54, 1.807) is 0 Å². The van der Waals surface area contributed by atoms with Gasteiger partial charge in [-0.25, -0.2) is 0 Å². The van der Waals surface area contributed by atoms with E-state index in [0.717, 1.165) is 28.3 Å². The zero-order valence-electron chi connectivity index (χ0n) is 39.5. The van der Waals surface area contributed by atoms with Crippen LogP contribution in [0.2, 0.25) is 0 Å². The van der Waals surface area contributed by atoms with E-state index in [1.807, 2.05) is 0 Å². The van der Waals surface area contributed by atoms with Gasteiger partial charge in [0.1, 0.15) is 0 Å². The van der Waals surface area contributed by atoms with Crippen molar-refractivity contribution in [1.29, 1.82) is 0 Å². The van der Waals surface area contributed by atoms with Crippen molar-refractivity contribution in [3.05, 3.63) is 301 Å². The summed E-state index contributed by atoms with van der Waals surface area (Å²) < 4.78 is 2.40. The number of nitrogens with zero attached hydrogens (tertiary/aromatic N) is 2. The highest BCUT2D eigenvalue weighted by atomic mass is 15.1. The molecule has 14 rings (SSSR count). The molecule has 1 heterocycles. The van der Waals surface area contributed by atoms with Crippen molar-refractivity contribution in [3.63, 3.8) is 0 Å². The number of hydrogen-bond donors (Lipinski definition) is 0. The molecule has 0 unspecified atom stereocenters. The van der Waals surface area contributed by atoms with Crippen LogP contribution in [0.4, 0.5) is 17.1 Å². The Morgan fingerprint density at radius 3 is 1.54 bits per heavy atom. The number of benzene rings is 12. The van der Waals surface area contributed by atoms with Crippen LogP contribution >= 0.6 is 0 Å². The van der Waals surface area contributed by atoms with Crippen LogP contribution in [0.5, 0.6) is 0 Å². The Labute approximate surface area is 419 Å². The molecule has 1 aliphatic carbocycles. The predicted molar refractivity (Wildman–Crippen MR) is 305 cm³/mol. The number of hydrogen-bond acceptors (Lipinski definition) is 1. The number of anilines is 3. The Balaban J connectivity index is 0.931. The quantitative estimate of drug-likeness (QED) is 0.138. The summed E-state index contributed by atoms with van der Waals surface area (Å²) in [6, 6.07) is 102. The second kappa shape index (κ2) is 17.2. The molecule has 0 aliphatic heterocycles. The first-order valence-electron chi connectivity index (χ1n) is 24.8. The number of para-hydroxylation sites is 1. The zero-order valence-corrected chi connectivity index (χ0v) is 39.5. The lowest BCUT2D eigenvalue weighted by Gasteiger charge is -2.28. The molecule has 0 saturated carbocycles. The lowest BCUT2D eigenvalue weighted by atomic mass is 9.88. The molecule has 0 spiro atoms. The van der Waals surface area contributed by atoms with Gasteiger partial charge in [-0.05, 0) is 144 Å². The summed E-state index contributed by atoms with van der Waals surface area (Å²) in [6.45, 7) is 0. The number of fused-ring (bicyclic) bond motifs is 9. The van der Waals surface area contributed by atoms with Crippen molar-refractivity contribution in [1.82, 2.24) is 4.57 Å². The molecule has 13 aromatic rings. The van der Waals surface area contributed by atoms with E-state index in [0.29, 0.717) is 0 Å². The van der Waals surface area contributed by atoms with Gasteiger partial charge in [-0.1, -0.05) is 218 Å². The van der Waals surface area contributed by atoms with Gasteiger partial charge >= 0.3 is 0 Å². The van der Waals surface area contributed by atoms with Gasteiger partial charge in [-0.3, -0.25) is 0 Å². The Morgan fingerprint density at radius 2 is 0.806 bits per heavy atom. The molecule has 0 N–H and O–H groups in total. The van der Waals surface area contributed by atoms with Crippen LogP contribution < -0.4 is 4.90 Å². The zero-order chi connectivity index (χ0) is 47.5. The van der Waals surface area contributed by atoms with Crippen molar-refractivity contribution in [3.8, 4) is 39.1 Å². The molecule has 0 fully saturated rings. The minimum absolute atomic E-state index is 1.09. The third-order valence-corrected chi connectivity index (χ3v) is 14.7. The third-order valence-electron chi connectivity index (χ3n) is 14.7. The molecular weight excluding hydrogens is 869 g/mol. The first-order valence-corrected chi connectivity index (χ1v) is 24.8. The highest BCUT2D eigenvalue weighted by Crippen LogP contribution is 2.52. The molecular formula is C70H46N2. The molecule has 12 aromatic carbocycles. The van der Waals surface area contributed by atoms with Gasteiger partial charge in [0.15, 0.2) is 0 Å². The van der Waals surface area contributed by atoms with Crippen LogP contribution in [0.15, 0.2) is 279 Å². The van der Waals surface area contributed by atoms with Gasteiger partial charge in [0.2, 0.25) is 0 Å². The fraction of sp³-hybridized carbons (Fsp3) is 0. The Hall–Kier alpha value is -9.50. The Bertz CT molecular complexity index is 4180. The number of rotatable bonds is 8. The summed E-state index contributed by atoms with van der Waals surface area (Å²) in [5.41, 5.74) is 21.5. The monoisotopic (exact) mass is 914 g/mol. The van der Waals surface area contributed by atoms with E-state index in [1.165, 1.54) is 105 Å². The van der Waals surface area contributed by atoms with Crippen LogP contribution in [-0.2, 0) is 0 Å². The van der Waals surface area contributed by atoms with Gasteiger partial charge < -0.3 is 9.47 Å². The molecule has 2 heteroatoms. The van der Waals surface area contributed by atoms with E-state index < -0.39 is 0 Å². The molecule has 1 aliphatic rings. The molecule has 1 aromatic heterocycles. The lowest BCUT2D eigenvalue weighted by molar-refractivity contribution is 1.18. The van der Waals surface area contributed by atoms with Crippen molar-refractivity contribution < 1.29 is 0 Å². The summed E-state index contributed by atoms with van der Waals surface area (Å²) in [4.78, 5) is 2.48. The summed E-state index contributed by atoms with van der Waals surface area (Å²) >= 11 is 0. The smallest absolute Gasteiger partial charge is 0.0546 e. The molecule has 2 nitrogen and oxygen atoms in total. The second-order valence-electron chi connectivity index (χ2n) is 18.8. The standard InChI is InChI=1S/C70H46N2/c1-4-18-47(19-5-1)48-32-39-55(40-33-48)72-66-31-17-16-29-62(66)64-44-52(36-43-67(64)72)49-34-37-54(38-35-49)71(68-45-53-24-10-11-25-57(53)58-26-12-14-28-61(58)68)56-41-42-60-59-27-13-15-30-63(59)70(65(60)46-56)69(50-20-6-2-7-21-50)51-22-8-3-9-23-51/h1-46H. The third kappa shape index (κ3) is 6.88. The molecule has 336 valence electrons. The Kier molecular flexibility index (Phi) is 9.89. The first kappa shape index (κ1) is 41.5. The average Bonchev–Trinajstić information content (AvgIpc) is 3.96. The molecule has 72 heavy (non-hydrogen) atoms. The fourth-order valence-electron chi connectivity index (χ4n) is 11.4. The maximum absolute atomic E-state index is 2.48. The maximum Gasteiger partial charge on any atom is 0.0546 e. The van der Waals surface area contributed by atoms with Crippen molar-refractivity contribution in [2.45, 2.75) is 0 Å². The highest BCUT2D eigenvalue weighted by molar-refractivity contribution is 6.17. The van der Waals surface area contributed by atoms with Crippen LogP contribution in [-0.4, -0.2) is 4.57 Å². The van der Waals surface area contributed by atoms with E-state index in [9.17, 15) is 0 Å². The minimum atomic E-state index is 1.09. The molecule has 0 bridgehead atoms. The predicted octanol–water partition coefficient (Wildman–Crippen LogP) is 18.9. The fourth-order valence-corrected chi connectivity index (χ4v) is 11.4. The van der Waals surface area contributed by atoms with Crippen LogP contribution in [0.3, 0.4) is 0 Å². The molecule has 0 atom stereocenters. The van der Waals surface area contributed by atoms with Crippen LogP contribution in [0.25, 0.3) is 93.6 Å². The molecule has 0 radical (unpaired) electrons. The summed E-state index contributed by atoms with van der Waals surface area (Å²) in [6.07, 6.45) is 0. The Morgan fingerprint density at radius 1 is 0.292 bits per heavy atom. The summed E-state index contributed by atoms with van der Waals surface area (Å²) in [5, 5.41) is 7.36. The topological polar surface area (TPSA) is 8.17 Å². The second-order valence-corrected chi connectivity index (χ2v) is 18.8. The SMILES string of the molecule is c1ccc(C(=C2c3ccccc3-c3ccc(N(c4ccc(-c5ccc6c(c5)c5ccccc5n6-c5ccc(-c6ccccc6)cc5)cc4)c4cc5ccccc5c5ccccc45)cc32)c2ccccc2)cc1. The highest BCUT2D eigenvalue weighted by Gasteiger charge is 2.29. The van der Waals surface area contributed by atoms with E-state index in [4.69, 9.17) is 0 Å². The molecule has 0 amide bonds. The van der Waals surface area contributed by atoms with Gasteiger partial charge in [-0.15, -0.1) is 0 Å². The van der Waals surface area contributed by atoms with E-state index in [-0.39, 0.29) is 0 Å². The number of aromatic nitrogens is 1. The first-order chi connectivity index (χ1) is 35.7.